The van der Waals surface area contributed by atoms with Crippen molar-refractivity contribution in [2.45, 2.75) is 44.6 Å². The molecule has 1 heterocycles. The predicted octanol–water partition coefficient (Wildman–Crippen LogP) is 2.56. The van der Waals surface area contributed by atoms with Crippen LogP contribution < -0.4 is 20.7 Å². The topological polar surface area (TPSA) is 155 Å². The standard InChI is InChI=1S/C23H26N6O5/c1-15-12-18(34-17-8-6-16(13-24)7-9-17)27-21(26-15)28-22(32)29-23(10-4-3-5-11-23)20(31)25-14-19(30)33-2/h6-9,12H,3-5,10-11,14H2,1-2H3,(H,25,31)(H2,26,27,28,29,32). The SMILES string of the molecule is COC(=O)CNC(=O)C1(NC(=O)Nc2nc(C)cc(Oc3ccc(C#N)cc3)n2)CCCCC1. The second-order valence-electron chi connectivity index (χ2n) is 7.89. The summed E-state index contributed by atoms with van der Waals surface area (Å²) in [6.45, 7) is 1.44. The lowest BCUT2D eigenvalue weighted by Crippen LogP contribution is -2.61. The fourth-order valence-electron chi connectivity index (χ4n) is 3.67. The van der Waals surface area contributed by atoms with Crippen molar-refractivity contribution in [2.24, 2.45) is 0 Å². The molecule has 0 spiro atoms. The Morgan fingerprint density at radius 1 is 1.12 bits per heavy atom. The first-order valence-electron chi connectivity index (χ1n) is 10.8. The Hall–Kier alpha value is -4.20. The van der Waals surface area contributed by atoms with E-state index in [-0.39, 0.29) is 18.4 Å². The summed E-state index contributed by atoms with van der Waals surface area (Å²) in [5.74, 6) is -0.344. The number of aryl methyl sites for hydroxylation is 1. The van der Waals surface area contributed by atoms with Gasteiger partial charge in [0.05, 0.1) is 18.7 Å². The van der Waals surface area contributed by atoms with Crippen LogP contribution in [0.2, 0.25) is 0 Å². The van der Waals surface area contributed by atoms with Crippen molar-refractivity contribution in [1.82, 2.24) is 20.6 Å². The largest absolute Gasteiger partial charge is 0.468 e. The number of nitriles is 1. The molecule has 1 aromatic carbocycles. The fraction of sp³-hybridized carbons (Fsp3) is 0.391. The Labute approximate surface area is 196 Å². The van der Waals surface area contributed by atoms with Gasteiger partial charge in [-0.3, -0.25) is 14.9 Å². The van der Waals surface area contributed by atoms with Crippen molar-refractivity contribution in [3.63, 3.8) is 0 Å². The van der Waals surface area contributed by atoms with Gasteiger partial charge >= 0.3 is 12.0 Å². The van der Waals surface area contributed by atoms with Gasteiger partial charge in [-0.25, -0.2) is 9.78 Å². The van der Waals surface area contributed by atoms with Gasteiger partial charge in [0, 0.05) is 11.8 Å². The van der Waals surface area contributed by atoms with Gasteiger partial charge in [0.1, 0.15) is 17.8 Å². The van der Waals surface area contributed by atoms with E-state index in [1.807, 2.05) is 6.07 Å². The van der Waals surface area contributed by atoms with Crippen LogP contribution in [-0.4, -0.2) is 47.1 Å². The zero-order chi connectivity index (χ0) is 24.6. The van der Waals surface area contributed by atoms with Gasteiger partial charge in [-0.15, -0.1) is 0 Å². The van der Waals surface area contributed by atoms with E-state index in [0.717, 1.165) is 19.3 Å². The van der Waals surface area contributed by atoms with Crippen LogP contribution in [0.1, 0.15) is 43.4 Å². The minimum Gasteiger partial charge on any atom is -0.468 e. The molecule has 3 rings (SSSR count). The number of anilines is 1. The molecule has 0 saturated heterocycles. The molecule has 0 radical (unpaired) electrons. The number of ether oxygens (including phenoxy) is 2. The Morgan fingerprint density at radius 3 is 2.47 bits per heavy atom. The quantitative estimate of drug-likeness (QED) is 0.526. The Bertz CT molecular complexity index is 1090. The summed E-state index contributed by atoms with van der Waals surface area (Å²) in [4.78, 5) is 45.5. The number of hydrogen-bond donors (Lipinski definition) is 3. The molecule has 3 amide bonds. The van der Waals surface area contributed by atoms with Crippen LogP contribution in [0, 0.1) is 18.3 Å². The predicted molar refractivity (Wildman–Crippen MR) is 121 cm³/mol. The molecular weight excluding hydrogens is 440 g/mol. The maximum Gasteiger partial charge on any atom is 0.325 e. The molecule has 178 valence electrons. The van der Waals surface area contributed by atoms with Crippen LogP contribution in [0.25, 0.3) is 0 Å². The van der Waals surface area contributed by atoms with E-state index < -0.39 is 23.4 Å². The van der Waals surface area contributed by atoms with Gasteiger partial charge in [-0.2, -0.15) is 10.2 Å². The van der Waals surface area contributed by atoms with Crippen molar-refractivity contribution in [3.05, 3.63) is 41.6 Å². The van der Waals surface area contributed by atoms with Crippen LogP contribution in [0.4, 0.5) is 10.7 Å². The highest BCUT2D eigenvalue weighted by Gasteiger charge is 2.41. The van der Waals surface area contributed by atoms with Crippen molar-refractivity contribution >= 4 is 23.9 Å². The number of rotatable bonds is 7. The molecule has 0 unspecified atom stereocenters. The Kier molecular flexibility index (Phi) is 7.97. The maximum absolute atomic E-state index is 12.9. The lowest BCUT2D eigenvalue weighted by atomic mass is 9.81. The number of carbonyl (C=O) groups is 3. The van der Waals surface area contributed by atoms with Crippen LogP contribution >= 0.6 is 0 Å². The third kappa shape index (κ3) is 6.41. The smallest absolute Gasteiger partial charge is 0.325 e. The van der Waals surface area contributed by atoms with Crippen molar-refractivity contribution in [2.75, 3.05) is 19.0 Å². The minimum atomic E-state index is -1.15. The number of esters is 1. The zero-order valence-electron chi connectivity index (χ0n) is 19.0. The molecule has 11 heteroatoms. The molecule has 1 fully saturated rings. The van der Waals surface area contributed by atoms with E-state index in [1.54, 1.807) is 37.3 Å². The Balaban J connectivity index is 1.69. The number of urea groups is 1. The summed E-state index contributed by atoms with van der Waals surface area (Å²) in [5.41, 5.74) is -0.100. The van der Waals surface area contributed by atoms with Crippen molar-refractivity contribution < 1.29 is 23.9 Å². The highest BCUT2D eigenvalue weighted by Crippen LogP contribution is 2.29. The maximum atomic E-state index is 12.9. The monoisotopic (exact) mass is 466 g/mol. The number of nitrogens with zero attached hydrogens (tertiary/aromatic N) is 3. The molecule has 1 saturated carbocycles. The summed E-state index contributed by atoms with van der Waals surface area (Å²) >= 11 is 0. The van der Waals surface area contributed by atoms with Gasteiger partial charge in [-0.1, -0.05) is 19.3 Å². The third-order valence-electron chi connectivity index (χ3n) is 5.38. The highest BCUT2D eigenvalue weighted by atomic mass is 16.5. The molecule has 0 bridgehead atoms. The minimum absolute atomic E-state index is 0.00192. The van der Waals surface area contributed by atoms with Crippen molar-refractivity contribution in [1.29, 1.82) is 5.26 Å². The van der Waals surface area contributed by atoms with Gasteiger partial charge in [-0.05, 0) is 44.0 Å². The molecule has 11 nitrogen and oxygen atoms in total. The number of aromatic nitrogens is 2. The summed E-state index contributed by atoms with van der Waals surface area (Å²) in [5, 5.41) is 16.8. The average Bonchev–Trinajstić information content (AvgIpc) is 2.82. The van der Waals surface area contributed by atoms with Gasteiger partial charge in [0.15, 0.2) is 0 Å². The Morgan fingerprint density at radius 2 is 1.82 bits per heavy atom. The number of nitrogens with one attached hydrogen (secondary N) is 3. The molecule has 1 aromatic heterocycles. The lowest BCUT2D eigenvalue weighted by molar-refractivity contribution is -0.142. The number of hydrogen-bond acceptors (Lipinski definition) is 8. The number of methoxy groups -OCH3 is 1. The first-order chi connectivity index (χ1) is 16.3. The van der Waals surface area contributed by atoms with E-state index in [1.165, 1.54) is 7.11 Å². The summed E-state index contributed by atoms with van der Waals surface area (Å²) < 4.78 is 10.3. The second-order valence-corrected chi connectivity index (χ2v) is 7.89. The number of amides is 3. The van der Waals surface area contributed by atoms with Gasteiger partial charge < -0.3 is 20.1 Å². The van der Waals surface area contributed by atoms with E-state index in [2.05, 4.69) is 30.7 Å². The molecule has 3 N–H and O–H groups in total. The normalized spacial score (nSPS) is 14.3. The molecule has 0 atom stereocenters. The molecule has 1 aliphatic rings. The molecule has 0 aliphatic heterocycles. The number of carbonyl (C=O) groups excluding carboxylic acids is 3. The zero-order valence-corrected chi connectivity index (χ0v) is 19.0. The van der Waals surface area contributed by atoms with E-state index in [0.29, 0.717) is 29.8 Å². The molecule has 34 heavy (non-hydrogen) atoms. The highest BCUT2D eigenvalue weighted by molar-refractivity contribution is 5.96. The van der Waals surface area contributed by atoms with E-state index >= 15 is 0 Å². The van der Waals surface area contributed by atoms with Crippen LogP contribution in [0.5, 0.6) is 11.6 Å². The summed E-state index contributed by atoms with van der Waals surface area (Å²) in [6.07, 6.45) is 3.35. The van der Waals surface area contributed by atoms with Crippen molar-refractivity contribution in [3.8, 4) is 17.7 Å². The van der Waals surface area contributed by atoms with Crippen LogP contribution in [0.15, 0.2) is 30.3 Å². The molecule has 1 aliphatic carbocycles. The van der Waals surface area contributed by atoms with Crippen LogP contribution in [0.3, 0.4) is 0 Å². The first kappa shape index (κ1) is 24.4. The third-order valence-corrected chi connectivity index (χ3v) is 5.38. The second kappa shape index (κ2) is 11.1. The van der Waals surface area contributed by atoms with Gasteiger partial charge in [0.25, 0.3) is 0 Å². The molecular formula is C23H26N6O5. The average molecular weight is 466 g/mol. The number of benzene rings is 1. The summed E-state index contributed by atoms with van der Waals surface area (Å²) in [7, 11) is 1.23. The molecule has 2 aromatic rings. The van der Waals surface area contributed by atoms with E-state index in [4.69, 9.17) is 10.00 Å². The summed E-state index contributed by atoms with van der Waals surface area (Å²) in [6, 6.07) is 9.49. The van der Waals surface area contributed by atoms with Crippen LogP contribution in [-0.2, 0) is 14.3 Å². The van der Waals surface area contributed by atoms with Gasteiger partial charge in [0.2, 0.25) is 17.7 Å². The van der Waals surface area contributed by atoms with E-state index in [9.17, 15) is 14.4 Å². The first-order valence-corrected chi connectivity index (χ1v) is 10.8. The fourth-order valence-corrected chi connectivity index (χ4v) is 3.67. The lowest BCUT2D eigenvalue weighted by Gasteiger charge is -2.36.